The van der Waals surface area contributed by atoms with Crippen molar-refractivity contribution in [3.05, 3.63) is 71.2 Å². The first-order valence-corrected chi connectivity index (χ1v) is 8.05. The van der Waals surface area contributed by atoms with Gasteiger partial charge in [-0.1, -0.05) is 12.1 Å². The monoisotopic (exact) mass is 381 g/mol. The zero-order chi connectivity index (χ0) is 16.5. The quantitative estimate of drug-likeness (QED) is 0.567. The number of benzene rings is 1. The second-order valence-electron chi connectivity index (χ2n) is 5.17. The zero-order valence-corrected chi connectivity index (χ0v) is 14.0. The van der Waals surface area contributed by atoms with Crippen molar-refractivity contribution >= 4 is 38.6 Å². The summed E-state index contributed by atoms with van der Waals surface area (Å²) in [6.45, 7) is 0. The van der Waals surface area contributed by atoms with Gasteiger partial charge in [-0.15, -0.1) is 0 Å². The molecule has 0 atom stereocenters. The van der Waals surface area contributed by atoms with Gasteiger partial charge in [-0.05, 0) is 34.1 Å². The molecule has 4 aromatic rings. The minimum absolute atomic E-state index is 0.209. The molecule has 0 aliphatic carbocycles. The van der Waals surface area contributed by atoms with Gasteiger partial charge in [-0.25, -0.2) is 4.68 Å². The highest BCUT2D eigenvalue weighted by molar-refractivity contribution is 9.10. The SMILES string of the molecule is O=C(Nc1ccn(-c2ccncc2)n1)c1c[nH]c2c(Br)cccc12. The fourth-order valence-electron chi connectivity index (χ4n) is 2.52. The van der Waals surface area contributed by atoms with Crippen molar-refractivity contribution in [3.8, 4) is 5.69 Å². The number of carbonyl (C=O) groups excluding carboxylic acids is 1. The number of nitrogens with one attached hydrogen (secondary N) is 2. The minimum Gasteiger partial charge on any atom is -0.359 e. The standard InChI is InChI=1S/C17H12BrN5O/c18-14-3-1-2-12-13(10-20-16(12)14)17(24)21-15-6-9-23(22-15)11-4-7-19-8-5-11/h1-10,20H,(H,21,22,24). The molecule has 0 spiro atoms. The van der Waals surface area contributed by atoms with Crippen LogP contribution in [-0.2, 0) is 0 Å². The highest BCUT2D eigenvalue weighted by Crippen LogP contribution is 2.26. The predicted octanol–water partition coefficient (Wildman–Crippen LogP) is 3.76. The van der Waals surface area contributed by atoms with E-state index >= 15 is 0 Å². The van der Waals surface area contributed by atoms with Gasteiger partial charge in [-0.2, -0.15) is 5.10 Å². The van der Waals surface area contributed by atoms with Gasteiger partial charge in [0.05, 0.1) is 16.8 Å². The van der Waals surface area contributed by atoms with Crippen LogP contribution < -0.4 is 5.32 Å². The number of halogens is 1. The van der Waals surface area contributed by atoms with Crippen molar-refractivity contribution in [1.29, 1.82) is 0 Å². The molecule has 0 aliphatic heterocycles. The van der Waals surface area contributed by atoms with E-state index in [9.17, 15) is 4.79 Å². The topological polar surface area (TPSA) is 75.6 Å². The summed E-state index contributed by atoms with van der Waals surface area (Å²) in [6.07, 6.45) is 6.87. The van der Waals surface area contributed by atoms with E-state index in [4.69, 9.17) is 0 Å². The lowest BCUT2D eigenvalue weighted by molar-refractivity contribution is 0.102. The molecule has 0 saturated heterocycles. The first-order chi connectivity index (χ1) is 11.7. The average Bonchev–Trinajstić information content (AvgIpc) is 3.23. The fourth-order valence-corrected chi connectivity index (χ4v) is 3.00. The Morgan fingerprint density at radius 1 is 1.17 bits per heavy atom. The summed E-state index contributed by atoms with van der Waals surface area (Å²) in [5.74, 6) is 0.278. The molecule has 118 valence electrons. The van der Waals surface area contributed by atoms with Gasteiger partial charge >= 0.3 is 0 Å². The molecule has 1 amide bonds. The number of amides is 1. The summed E-state index contributed by atoms with van der Waals surface area (Å²) in [5, 5.41) is 8.05. The first kappa shape index (κ1) is 14.6. The number of anilines is 1. The number of para-hydroxylation sites is 1. The van der Waals surface area contributed by atoms with Crippen LogP contribution in [0.15, 0.2) is 65.7 Å². The first-order valence-electron chi connectivity index (χ1n) is 7.25. The lowest BCUT2D eigenvalue weighted by Crippen LogP contribution is -2.12. The van der Waals surface area contributed by atoms with Crippen molar-refractivity contribution in [1.82, 2.24) is 19.7 Å². The highest BCUT2D eigenvalue weighted by Gasteiger charge is 2.14. The number of H-pyrrole nitrogens is 1. The molecule has 3 heterocycles. The van der Waals surface area contributed by atoms with Gasteiger partial charge in [0.25, 0.3) is 5.91 Å². The molecule has 6 nitrogen and oxygen atoms in total. The maximum atomic E-state index is 12.5. The summed E-state index contributed by atoms with van der Waals surface area (Å²) >= 11 is 3.47. The zero-order valence-electron chi connectivity index (χ0n) is 12.4. The fraction of sp³-hybridized carbons (Fsp3) is 0. The molecule has 1 aromatic carbocycles. The van der Waals surface area contributed by atoms with E-state index in [-0.39, 0.29) is 5.91 Å². The van der Waals surface area contributed by atoms with Crippen LogP contribution in [0.2, 0.25) is 0 Å². The summed E-state index contributed by atoms with van der Waals surface area (Å²) in [6, 6.07) is 11.2. The average molecular weight is 382 g/mol. The number of pyridine rings is 1. The van der Waals surface area contributed by atoms with Crippen molar-refractivity contribution in [2.45, 2.75) is 0 Å². The molecule has 24 heavy (non-hydrogen) atoms. The molecular formula is C17H12BrN5O. The molecule has 0 aliphatic rings. The molecule has 0 unspecified atom stereocenters. The van der Waals surface area contributed by atoms with Crippen molar-refractivity contribution in [2.75, 3.05) is 5.32 Å². The van der Waals surface area contributed by atoms with Gasteiger partial charge in [0.2, 0.25) is 0 Å². The van der Waals surface area contributed by atoms with E-state index in [1.807, 2.05) is 30.3 Å². The molecule has 0 fully saturated rings. The van der Waals surface area contributed by atoms with E-state index < -0.39 is 0 Å². The van der Waals surface area contributed by atoms with E-state index in [0.29, 0.717) is 11.4 Å². The Labute approximate surface area is 145 Å². The van der Waals surface area contributed by atoms with Crippen LogP contribution in [-0.4, -0.2) is 25.7 Å². The third-order valence-electron chi connectivity index (χ3n) is 3.67. The van der Waals surface area contributed by atoms with E-state index in [1.165, 1.54) is 0 Å². The maximum absolute atomic E-state index is 12.5. The van der Waals surface area contributed by atoms with Crippen LogP contribution in [0.4, 0.5) is 5.82 Å². The number of aromatic amines is 1. The third-order valence-corrected chi connectivity index (χ3v) is 4.33. The van der Waals surface area contributed by atoms with Gasteiger partial charge in [-0.3, -0.25) is 9.78 Å². The Morgan fingerprint density at radius 3 is 2.83 bits per heavy atom. The summed E-state index contributed by atoms with van der Waals surface area (Å²) in [4.78, 5) is 19.6. The highest BCUT2D eigenvalue weighted by atomic mass is 79.9. The Hall–Kier alpha value is -2.93. The number of fused-ring (bicyclic) bond motifs is 1. The van der Waals surface area contributed by atoms with Crippen molar-refractivity contribution in [3.63, 3.8) is 0 Å². The smallest absolute Gasteiger partial charge is 0.259 e. The molecule has 3 aromatic heterocycles. The number of rotatable bonds is 3. The molecule has 4 rings (SSSR count). The van der Waals surface area contributed by atoms with Crippen LogP contribution in [0.1, 0.15) is 10.4 Å². The molecule has 0 saturated carbocycles. The van der Waals surface area contributed by atoms with Crippen molar-refractivity contribution in [2.24, 2.45) is 0 Å². The van der Waals surface area contributed by atoms with Gasteiger partial charge in [0.1, 0.15) is 0 Å². The van der Waals surface area contributed by atoms with Crippen molar-refractivity contribution < 1.29 is 4.79 Å². The van der Waals surface area contributed by atoms with Crippen LogP contribution >= 0.6 is 15.9 Å². The Bertz CT molecular complexity index is 1020. The molecule has 7 heteroatoms. The van der Waals surface area contributed by atoms with Crippen LogP contribution in [0.25, 0.3) is 16.6 Å². The van der Waals surface area contributed by atoms with E-state index in [0.717, 1.165) is 21.1 Å². The lowest BCUT2D eigenvalue weighted by atomic mass is 10.1. The van der Waals surface area contributed by atoms with Gasteiger partial charge < -0.3 is 10.3 Å². The minimum atomic E-state index is -0.209. The van der Waals surface area contributed by atoms with Crippen LogP contribution in [0.3, 0.4) is 0 Å². The summed E-state index contributed by atoms with van der Waals surface area (Å²) < 4.78 is 2.60. The second-order valence-corrected chi connectivity index (χ2v) is 6.02. The predicted molar refractivity (Wildman–Crippen MR) is 95.3 cm³/mol. The third kappa shape index (κ3) is 2.59. The number of aromatic nitrogens is 4. The van der Waals surface area contributed by atoms with E-state index in [2.05, 4.69) is 36.3 Å². The van der Waals surface area contributed by atoms with Gasteiger partial charge in [0, 0.05) is 40.7 Å². The van der Waals surface area contributed by atoms with Crippen LogP contribution in [0.5, 0.6) is 0 Å². The largest absolute Gasteiger partial charge is 0.359 e. The number of hydrogen-bond donors (Lipinski definition) is 2. The molecule has 2 N–H and O–H groups in total. The number of hydrogen-bond acceptors (Lipinski definition) is 3. The van der Waals surface area contributed by atoms with Crippen LogP contribution in [0, 0.1) is 0 Å². The number of nitrogens with zero attached hydrogens (tertiary/aromatic N) is 3. The lowest BCUT2D eigenvalue weighted by Gasteiger charge is -2.02. The second kappa shape index (κ2) is 5.93. The maximum Gasteiger partial charge on any atom is 0.259 e. The van der Waals surface area contributed by atoms with E-state index in [1.54, 1.807) is 35.5 Å². The Morgan fingerprint density at radius 2 is 2.00 bits per heavy atom. The number of carbonyl (C=O) groups is 1. The normalized spacial score (nSPS) is 10.9. The van der Waals surface area contributed by atoms with Gasteiger partial charge in [0.15, 0.2) is 5.82 Å². The molecular weight excluding hydrogens is 370 g/mol. The molecule has 0 radical (unpaired) electrons. The molecule has 0 bridgehead atoms. The Kier molecular flexibility index (Phi) is 3.62. The Balaban J connectivity index is 1.60. The summed E-state index contributed by atoms with van der Waals surface area (Å²) in [5.41, 5.74) is 2.34. The summed E-state index contributed by atoms with van der Waals surface area (Å²) in [7, 11) is 0.